The van der Waals surface area contributed by atoms with Crippen LogP contribution in [0, 0.1) is 13.8 Å². The molecule has 0 aliphatic rings. The van der Waals surface area contributed by atoms with Crippen LogP contribution in [0.15, 0.2) is 46.8 Å². The van der Waals surface area contributed by atoms with Gasteiger partial charge in [-0.2, -0.15) is 0 Å². The highest BCUT2D eigenvalue weighted by Gasteiger charge is 2.12. The number of aromatic nitrogens is 2. The first kappa shape index (κ1) is 21.0. The van der Waals surface area contributed by atoms with E-state index in [0.717, 1.165) is 23.2 Å². The number of hydrogen-bond donors (Lipinski definition) is 2. The quantitative estimate of drug-likeness (QED) is 0.423. The predicted octanol–water partition coefficient (Wildman–Crippen LogP) is 4.70. The molecule has 1 heterocycles. The van der Waals surface area contributed by atoms with Gasteiger partial charge in [0.05, 0.1) is 5.75 Å². The number of aryl methyl sites for hydroxylation is 3. The number of benzene rings is 2. The minimum Gasteiger partial charge on any atom is -0.325 e. The Balaban J connectivity index is 1.51. The Labute approximate surface area is 178 Å². The maximum Gasteiger partial charge on any atom is 0.257 e. The van der Waals surface area contributed by atoms with Gasteiger partial charge in [-0.3, -0.25) is 14.9 Å². The molecule has 0 radical (unpaired) electrons. The molecule has 150 valence electrons. The molecule has 0 fully saturated rings. The van der Waals surface area contributed by atoms with Crippen molar-refractivity contribution in [2.24, 2.45) is 0 Å². The molecule has 0 aliphatic heterocycles. The van der Waals surface area contributed by atoms with Crippen LogP contribution in [0.25, 0.3) is 0 Å². The fourth-order valence-electron chi connectivity index (χ4n) is 2.74. The standard InChI is InChI=1S/C21H22N4O2S2/c1-4-15-5-7-17(8-6-15)22-18(26)12-28-21-25-24-20(29-21)23-19(27)16-10-13(2)9-14(3)11-16/h5-11H,4,12H2,1-3H3,(H,22,26)(H,23,24,27). The average molecular weight is 427 g/mol. The number of anilines is 2. The molecule has 2 aromatic carbocycles. The summed E-state index contributed by atoms with van der Waals surface area (Å²) < 4.78 is 0.622. The minimum absolute atomic E-state index is 0.115. The SMILES string of the molecule is CCc1ccc(NC(=O)CSc2nnc(NC(=O)c3cc(C)cc(C)c3)s2)cc1. The fourth-order valence-corrected chi connectivity index (χ4v) is 4.29. The predicted molar refractivity (Wildman–Crippen MR) is 119 cm³/mol. The van der Waals surface area contributed by atoms with E-state index < -0.39 is 0 Å². The Bertz CT molecular complexity index is 996. The zero-order chi connectivity index (χ0) is 20.8. The molecule has 8 heteroatoms. The maximum absolute atomic E-state index is 12.4. The van der Waals surface area contributed by atoms with Crippen LogP contribution in [0.4, 0.5) is 10.8 Å². The molecule has 0 spiro atoms. The van der Waals surface area contributed by atoms with Crippen LogP contribution in [0.1, 0.15) is 34.0 Å². The van der Waals surface area contributed by atoms with Gasteiger partial charge in [-0.05, 0) is 50.1 Å². The lowest BCUT2D eigenvalue weighted by atomic mass is 10.1. The molecule has 6 nitrogen and oxygen atoms in total. The van der Waals surface area contributed by atoms with Crippen molar-refractivity contribution < 1.29 is 9.59 Å². The normalized spacial score (nSPS) is 10.6. The van der Waals surface area contributed by atoms with E-state index in [0.29, 0.717) is 15.0 Å². The highest BCUT2D eigenvalue weighted by Crippen LogP contribution is 2.26. The number of carbonyl (C=O) groups is 2. The molecular formula is C21H22N4O2S2. The van der Waals surface area contributed by atoms with Crippen LogP contribution in [0.5, 0.6) is 0 Å². The van der Waals surface area contributed by atoms with Crippen molar-refractivity contribution in [2.75, 3.05) is 16.4 Å². The second-order valence-electron chi connectivity index (χ2n) is 6.59. The van der Waals surface area contributed by atoms with Crippen LogP contribution in [-0.2, 0) is 11.2 Å². The van der Waals surface area contributed by atoms with E-state index in [-0.39, 0.29) is 17.6 Å². The summed E-state index contributed by atoms with van der Waals surface area (Å²) in [5, 5.41) is 14.1. The van der Waals surface area contributed by atoms with Crippen LogP contribution < -0.4 is 10.6 Å². The van der Waals surface area contributed by atoms with E-state index in [2.05, 4.69) is 27.8 Å². The third kappa shape index (κ3) is 6.13. The Morgan fingerprint density at radius 1 is 1.00 bits per heavy atom. The monoisotopic (exact) mass is 426 g/mol. The molecule has 0 bridgehead atoms. The Morgan fingerprint density at radius 2 is 1.69 bits per heavy atom. The second kappa shape index (κ2) is 9.67. The topological polar surface area (TPSA) is 84.0 Å². The molecule has 1 aromatic heterocycles. The molecule has 3 rings (SSSR count). The number of hydrogen-bond acceptors (Lipinski definition) is 6. The summed E-state index contributed by atoms with van der Waals surface area (Å²) in [6.45, 7) is 5.99. The van der Waals surface area contributed by atoms with E-state index in [9.17, 15) is 9.59 Å². The van der Waals surface area contributed by atoms with Crippen molar-refractivity contribution in [3.05, 3.63) is 64.7 Å². The van der Waals surface area contributed by atoms with Crippen molar-refractivity contribution in [1.29, 1.82) is 0 Å². The first-order valence-electron chi connectivity index (χ1n) is 9.17. The van der Waals surface area contributed by atoms with Gasteiger partial charge in [0.1, 0.15) is 0 Å². The summed E-state index contributed by atoms with van der Waals surface area (Å²) in [7, 11) is 0. The van der Waals surface area contributed by atoms with Crippen molar-refractivity contribution >= 4 is 45.7 Å². The second-order valence-corrected chi connectivity index (χ2v) is 8.79. The Hall–Kier alpha value is -2.71. The maximum atomic E-state index is 12.4. The highest BCUT2D eigenvalue weighted by molar-refractivity contribution is 8.01. The van der Waals surface area contributed by atoms with Gasteiger partial charge in [0.25, 0.3) is 5.91 Å². The van der Waals surface area contributed by atoms with E-state index in [1.54, 1.807) is 0 Å². The molecule has 29 heavy (non-hydrogen) atoms. The fraction of sp³-hybridized carbons (Fsp3) is 0.238. The lowest BCUT2D eigenvalue weighted by Gasteiger charge is -2.05. The van der Waals surface area contributed by atoms with E-state index in [1.807, 2.05) is 56.3 Å². The molecule has 0 saturated heterocycles. The number of amides is 2. The highest BCUT2D eigenvalue weighted by atomic mass is 32.2. The van der Waals surface area contributed by atoms with Gasteiger partial charge in [0.2, 0.25) is 11.0 Å². The number of carbonyl (C=O) groups excluding carboxylic acids is 2. The number of nitrogens with one attached hydrogen (secondary N) is 2. The summed E-state index contributed by atoms with van der Waals surface area (Å²) in [6, 6.07) is 13.5. The average Bonchev–Trinajstić information content (AvgIpc) is 3.13. The van der Waals surface area contributed by atoms with Crippen LogP contribution in [-0.4, -0.2) is 27.8 Å². The lowest BCUT2D eigenvalue weighted by Crippen LogP contribution is -2.13. The van der Waals surface area contributed by atoms with E-state index in [4.69, 9.17) is 0 Å². The van der Waals surface area contributed by atoms with Gasteiger partial charge in [0, 0.05) is 11.3 Å². The summed E-state index contributed by atoms with van der Waals surface area (Å²) in [4.78, 5) is 24.5. The molecule has 0 unspecified atom stereocenters. The van der Waals surface area contributed by atoms with Gasteiger partial charge in [-0.1, -0.05) is 59.3 Å². The number of thioether (sulfide) groups is 1. The molecule has 0 atom stereocenters. The van der Waals surface area contributed by atoms with Crippen LogP contribution in [0.3, 0.4) is 0 Å². The molecule has 2 N–H and O–H groups in total. The van der Waals surface area contributed by atoms with Crippen molar-refractivity contribution in [3.63, 3.8) is 0 Å². The molecular weight excluding hydrogens is 404 g/mol. The third-order valence-electron chi connectivity index (χ3n) is 4.08. The lowest BCUT2D eigenvalue weighted by molar-refractivity contribution is -0.113. The summed E-state index contributed by atoms with van der Waals surface area (Å²) in [5.74, 6) is -0.122. The van der Waals surface area contributed by atoms with Gasteiger partial charge in [-0.15, -0.1) is 10.2 Å². The minimum atomic E-state index is -0.224. The first-order valence-corrected chi connectivity index (χ1v) is 11.0. The molecule has 0 aliphatic carbocycles. The van der Waals surface area contributed by atoms with E-state index >= 15 is 0 Å². The van der Waals surface area contributed by atoms with Crippen molar-refractivity contribution in [3.8, 4) is 0 Å². The molecule has 3 aromatic rings. The number of nitrogens with zero attached hydrogens (tertiary/aromatic N) is 2. The zero-order valence-corrected chi connectivity index (χ0v) is 18.1. The van der Waals surface area contributed by atoms with Gasteiger partial charge in [-0.25, -0.2) is 0 Å². The number of rotatable bonds is 7. The van der Waals surface area contributed by atoms with Crippen LogP contribution >= 0.6 is 23.1 Å². The molecule has 0 saturated carbocycles. The van der Waals surface area contributed by atoms with Crippen molar-refractivity contribution in [1.82, 2.24) is 10.2 Å². The van der Waals surface area contributed by atoms with Crippen LogP contribution in [0.2, 0.25) is 0 Å². The van der Waals surface area contributed by atoms with Gasteiger partial charge < -0.3 is 5.32 Å². The summed E-state index contributed by atoms with van der Waals surface area (Å²) in [5.41, 5.74) is 4.63. The third-order valence-corrected chi connectivity index (χ3v) is 6.06. The Kier molecular flexibility index (Phi) is 7.00. The first-order chi connectivity index (χ1) is 13.9. The van der Waals surface area contributed by atoms with Gasteiger partial charge >= 0.3 is 0 Å². The summed E-state index contributed by atoms with van der Waals surface area (Å²) in [6.07, 6.45) is 0.962. The van der Waals surface area contributed by atoms with E-state index in [1.165, 1.54) is 28.7 Å². The summed E-state index contributed by atoms with van der Waals surface area (Å²) >= 11 is 2.53. The van der Waals surface area contributed by atoms with Gasteiger partial charge in [0.15, 0.2) is 4.34 Å². The Morgan fingerprint density at radius 3 is 2.34 bits per heavy atom. The smallest absolute Gasteiger partial charge is 0.257 e. The van der Waals surface area contributed by atoms with Crippen molar-refractivity contribution in [2.45, 2.75) is 31.5 Å². The zero-order valence-electron chi connectivity index (χ0n) is 16.5. The molecule has 2 amide bonds. The largest absolute Gasteiger partial charge is 0.325 e.